The summed E-state index contributed by atoms with van der Waals surface area (Å²) in [4.78, 5) is 4.84. The molecular formula is C50H36N2S2. The van der Waals surface area contributed by atoms with Gasteiger partial charge in [-0.05, 0) is 88.8 Å². The smallest absolute Gasteiger partial charge is 0.0655 e. The van der Waals surface area contributed by atoms with Gasteiger partial charge in [-0.15, -0.1) is 23.1 Å². The molecule has 1 aromatic heterocycles. The Morgan fingerprint density at radius 2 is 0.907 bits per heavy atom. The van der Waals surface area contributed by atoms with E-state index in [2.05, 4.69) is 216 Å². The molecule has 258 valence electrons. The maximum Gasteiger partial charge on any atom is 0.0655 e. The third-order valence-corrected chi connectivity index (χ3v) is 13.0. The first kappa shape index (κ1) is 32.6. The Hall–Kier alpha value is -6.07. The van der Waals surface area contributed by atoms with Crippen molar-refractivity contribution in [3.63, 3.8) is 0 Å². The summed E-state index contributed by atoms with van der Waals surface area (Å²) in [7, 11) is 0. The van der Waals surface area contributed by atoms with E-state index in [1.807, 2.05) is 23.1 Å². The minimum absolute atomic E-state index is 0.236. The molecule has 2 heterocycles. The van der Waals surface area contributed by atoms with Crippen molar-refractivity contribution in [2.24, 2.45) is 0 Å². The van der Waals surface area contributed by atoms with Gasteiger partial charge in [0.05, 0.1) is 15.6 Å². The minimum Gasteiger partial charge on any atom is -0.310 e. The summed E-state index contributed by atoms with van der Waals surface area (Å²) in [5.41, 5.74) is 13.4. The van der Waals surface area contributed by atoms with E-state index in [4.69, 9.17) is 0 Å². The molecule has 54 heavy (non-hydrogen) atoms. The van der Waals surface area contributed by atoms with Crippen molar-refractivity contribution < 1.29 is 0 Å². The van der Waals surface area contributed by atoms with E-state index in [0.29, 0.717) is 0 Å². The van der Waals surface area contributed by atoms with E-state index in [9.17, 15) is 0 Å². The SMILES string of the molecule is C1=C(c2ccccc2)C(N(c2ccccc2)c2ccccc2)=CC2Sc3sc4cc(N(c5ccccc5)c5ccccc5)c(-c5ccccc5)cc4c3C12. The van der Waals surface area contributed by atoms with Crippen LogP contribution in [0, 0.1) is 0 Å². The summed E-state index contributed by atoms with van der Waals surface area (Å²) in [6, 6.07) is 69.8. The fourth-order valence-electron chi connectivity index (χ4n) is 7.97. The molecule has 0 radical (unpaired) electrons. The summed E-state index contributed by atoms with van der Waals surface area (Å²) >= 11 is 3.96. The standard InChI is InChI=1S/C50H36N2S2/c1-7-19-35(20-8-1)41-31-43-47(33-45(41)51(37-23-11-3-12-24-37)38-25-13-4-14-26-38)53-50-49(43)44-32-42(36-21-9-2-10-22-36)46(34-48(44)54-50)52(39-27-15-5-16-28-39)40-29-17-6-18-30-40/h1-34,43,47H. The highest BCUT2D eigenvalue weighted by atomic mass is 32.2. The lowest BCUT2D eigenvalue weighted by atomic mass is 9.84. The summed E-state index contributed by atoms with van der Waals surface area (Å²) in [5, 5.41) is 1.63. The topological polar surface area (TPSA) is 6.48 Å². The van der Waals surface area contributed by atoms with Crippen LogP contribution in [-0.2, 0) is 0 Å². The Labute approximate surface area is 325 Å². The quantitative estimate of drug-likeness (QED) is 0.154. The third-order valence-electron chi connectivity index (χ3n) is 10.4. The number of benzene rings is 7. The molecule has 2 nitrogen and oxygen atoms in total. The Morgan fingerprint density at radius 3 is 1.43 bits per heavy atom. The highest BCUT2D eigenvalue weighted by molar-refractivity contribution is 8.02. The van der Waals surface area contributed by atoms with Crippen LogP contribution in [0.4, 0.5) is 28.4 Å². The number of thiophene rings is 1. The Balaban J connectivity index is 1.16. The van der Waals surface area contributed by atoms with E-state index in [-0.39, 0.29) is 11.2 Å². The van der Waals surface area contributed by atoms with Crippen LogP contribution in [0.1, 0.15) is 17.0 Å². The lowest BCUT2D eigenvalue weighted by molar-refractivity contribution is 0.884. The highest BCUT2D eigenvalue weighted by Crippen LogP contribution is 2.59. The molecule has 7 aromatic carbocycles. The van der Waals surface area contributed by atoms with E-state index >= 15 is 0 Å². The lowest BCUT2D eigenvalue weighted by Gasteiger charge is -2.34. The lowest BCUT2D eigenvalue weighted by Crippen LogP contribution is -2.23. The number of nitrogens with zero attached hydrogens (tertiary/aromatic N) is 2. The molecular weight excluding hydrogens is 693 g/mol. The van der Waals surface area contributed by atoms with E-state index in [0.717, 1.165) is 22.7 Å². The van der Waals surface area contributed by atoms with Crippen LogP contribution in [0.5, 0.6) is 0 Å². The van der Waals surface area contributed by atoms with Crippen LogP contribution in [0.2, 0.25) is 0 Å². The molecule has 0 N–H and O–H groups in total. The maximum atomic E-state index is 2.57. The van der Waals surface area contributed by atoms with Gasteiger partial charge in [0, 0.05) is 49.8 Å². The number of hydrogen-bond donors (Lipinski definition) is 0. The molecule has 1 aliphatic carbocycles. The van der Waals surface area contributed by atoms with Crippen molar-refractivity contribution in [3.05, 3.63) is 223 Å². The molecule has 10 rings (SSSR count). The Kier molecular flexibility index (Phi) is 8.48. The maximum absolute atomic E-state index is 2.57. The largest absolute Gasteiger partial charge is 0.310 e. The fraction of sp³-hybridized carbons (Fsp3) is 0.0400. The van der Waals surface area contributed by atoms with Gasteiger partial charge in [0.1, 0.15) is 0 Å². The van der Waals surface area contributed by atoms with Crippen LogP contribution in [0.3, 0.4) is 0 Å². The second-order valence-corrected chi connectivity index (χ2v) is 16.2. The van der Waals surface area contributed by atoms with Crippen molar-refractivity contribution in [2.45, 2.75) is 15.4 Å². The van der Waals surface area contributed by atoms with Crippen LogP contribution >= 0.6 is 23.1 Å². The normalized spacial score (nSPS) is 15.9. The first-order chi connectivity index (χ1) is 26.8. The van der Waals surface area contributed by atoms with Gasteiger partial charge in [-0.1, -0.05) is 140 Å². The van der Waals surface area contributed by atoms with Crippen molar-refractivity contribution in [2.75, 3.05) is 9.80 Å². The number of thioether (sulfide) groups is 1. The van der Waals surface area contributed by atoms with Crippen molar-refractivity contribution in [3.8, 4) is 11.1 Å². The molecule has 2 unspecified atom stereocenters. The molecule has 1 aliphatic heterocycles. The van der Waals surface area contributed by atoms with Gasteiger partial charge in [-0.2, -0.15) is 0 Å². The number of hydrogen-bond acceptors (Lipinski definition) is 4. The molecule has 0 spiro atoms. The van der Waals surface area contributed by atoms with Gasteiger partial charge in [-0.25, -0.2) is 0 Å². The highest BCUT2D eigenvalue weighted by Gasteiger charge is 2.39. The zero-order chi connectivity index (χ0) is 35.8. The molecule has 0 fully saturated rings. The number of para-hydroxylation sites is 4. The number of anilines is 5. The Morgan fingerprint density at radius 1 is 0.444 bits per heavy atom. The van der Waals surface area contributed by atoms with E-state index < -0.39 is 0 Å². The van der Waals surface area contributed by atoms with Crippen LogP contribution in [-0.4, -0.2) is 5.25 Å². The van der Waals surface area contributed by atoms with E-state index in [1.54, 1.807) is 0 Å². The molecule has 0 saturated heterocycles. The zero-order valence-electron chi connectivity index (χ0n) is 29.5. The fourth-order valence-corrected chi connectivity index (χ4v) is 11.0. The molecule has 8 aromatic rings. The summed E-state index contributed by atoms with van der Waals surface area (Å²) in [6.45, 7) is 0. The van der Waals surface area contributed by atoms with Crippen molar-refractivity contribution in [1.82, 2.24) is 0 Å². The second-order valence-electron chi connectivity index (χ2n) is 13.7. The average Bonchev–Trinajstić information content (AvgIpc) is 3.78. The van der Waals surface area contributed by atoms with Gasteiger partial charge < -0.3 is 9.80 Å². The van der Waals surface area contributed by atoms with Gasteiger partial charge in [0.2, 0.25) is 0 Å². The first-order valence-electron chi connectivity index (χ1n) is 18.4. The first-order valence-corrected chi connectivity index (χ1v) is 20.1. The second kappa shape index (κ2) is 14.1. The number of allylic oxidation sites excluding steroid dienone is 2. The monoisotopic (exact) mass is 728 g/mol. The van der Waals surface area contributed by atoms with Crippen LogP contribution in [0.25, 0.3) is 26.8 Å². The predicted octanol–water partition coefficient (Wildman–Crippen LogP) is 14.4. The Bertz CT molecular complexity index is 2540. The number of fused-ring (bicyclic) bond motifs is 5. The predicted molar refractivity (Wildman–Crippen MR) is 232 cm³/mol. The van der Waals surface area contributed by atoms with E-state index in [1.165, 1.54) is 53.5 Å². The van der Waals surface area contributed by atoms with Crippen molar-refractivity contribution in [1.29, 1.82) is 0 Å². The summed E-state index contributed by atoms with van der Waals surface area (Å²) < 4.78 is 2.73. The molecule has 2 atom stereocenters. The zero-order valence-corrected chi connectivity index (χ0v) is 31.1. The van der Waals surface area contributed by atoms with Gasteiger partial charge >= 0.3 is 0 Å². The van der Waals surface area contributed by atoms with Crippen LogP contribution < -0.4 is 9.80 Å². The van der Waals surface area contributed by atoms with Gasteiger partial charge in [0.25, 0.3) is 0 Å². The van der Waals surface area contributed by atoms with Gasteiger partial charge in [-0.3, -0.25) is 0 Å². The van der Waals surface area contributed by atoms with Crippen LogP contribution in [0.15, 0.2) is 216 Å². The molecule has 0 amide bonds. The third kappa shape index (κ3) is 5.85. The molecule has 4 heteroatoms. The summed E-state index contributed by atoms with van der Waals surface area (Å²) in [5.74, 6) is 0.236. The van der Waals surface area contributed by atoms with Crippen molar-refractivity contribution >= 4 is 67.2 Å². The average molecular weight is 729 g/mol. The minimum atomic E-state index is 0.236. The number of rotatable bonds is 8. The summed E-state index contributed by atoms with van der Waals surface area (Å²) in [6.07, 6.45) is 5.10. The van der Waals surface area contributed by atoms with Gasteiger partial charge in [0.15, 0.2) is 0 Å². The molecule has 2 aliphatic rings. The molecule has 0 saturated carbocycles. The molecule has 0 bridgehead atoms.